The first kappa shape index (κ1) is 21.1. The van der Waals surface area contributed by atoms with Crippen molar-refractivity contribution in [1.29, 1.82) is 0 Å². The van der Waals surface area contributed by atoms with Gasteiger partial charge in [0.2, 0.25) is 5.91 Å². The largest absolute Gasteiger partial charge is 0.355 e. The lowest BCUT2D eigenvalue weighted by Gasteiger charge is -2.31. The van der Waals surface area contributed by atoms with Gasteiger partial charge in [-0.3, -0.25) is 4.79 Å². The predicted octanol–water partition coefficient (Wildman–Crippen LogP) is 4.69. The van der Waals surface area contributed by atoms with Crippen LogP contribution in [0.25, 0.3) is 21.6 Å². The first-order valence-corrected chi connectivity index (χ1v) is 12.2. The van der Waals surface area contributed by atoms with Gasteiger partial charge in [0.25, 0.3) is 0 Å². The van der Waals surface area contributed by atoms with E-state index in [1.54, 1.807) is 11.3 Å². The number of aromatic nitrogens is 4. The molecule has 1 aromatic carbocycles. The highest BCUT2D eigenvalue weighted by Gasteiger charge is 2.26. The van der Waals surface area contributed by atoms with Crippen LogP contribution >= 0.6 is 27.3 Å². The molecular weight excluding hydrogens is 488 g/mol. The number of aryl methyl sites for hydroxylation is 1. The van der Waals surface area contributed by atoms with Gasteiger partial charge in [-0.25, -0.2) is 4.98 Å². The third-order valence-electron chi connectivity index (χ3n) is 5.78. The number of carbonyl (C=O) groups excluding carboxylic acids is 1. The number of thiophene rings is 1. The Hall–Kier alpha value is -2.78. The summed E-state index contributed by atoms with van der Waals surface area (Å²) >= 11 is 5.12. The van der Waals surface area contributed by atoms with Crippen LogP contribution in [0.15, 0.2) is 46.3 Å². The maximum atomic E-state index is 12.7. The number of anilines is 1. The topological polar surface area (TPSA) is 86.8 Å². The van der Waals surface area contributed by atoms with Crippen LogP contribution in [0.3, 0.4) is 0 Å². The maximum Gasteiger partial charge on any atom is 0.223 e. The fourth-order valence-electron chi connectivity index (χ4n) is 4.02. The van der Waals surface area contributed by atoms with Crippen molar-refractivity contribution in [3.8, 4) is 10.6 Å². The van der Waals surface area contributed by atoms with E-state index in [1.807, 2.05) is 36.4 Å². The number of amides is 1. The second-order valence-corrected chi connectivity index (χ2v) is 10.5. The summed E-state index contributed by atoms with van der Waals surface area (Å²) in [5.41, 5.74) is 3.98. The number of fused-ring (bicyclic) bond motifs is 1. The van der Waals surface area contributed by atoms with Crippen molar-refractivity contribution in [3.63, 3.8) is 0 Å². The first-order chi connectivity index (χ1) is 15.5. The van der Waals surface area contributed by atoms with Crippen LogP contribution in [0.1, 0.15) is 24.2 Å². The van der Waals surface area contributed by atoms with E-state index in [1.165, 1.54) is 5.56 Å². The van der Waals surface area contributed by atoms with Gasteiger partial charge in [-0.2, -0.15) is 0 Å². The minimum atomic E-state index is 0.00794. The number of nitrogens with one attached hydrogen (secondary N) is 2. The van der Waals surface area contributed by atoms with Crippen LogP contribution in [-0.2, 0) is 11.3 Å². The Labute approximate surface area is 198 Å². The van der Waals surface area contributed by atoms with Crippen molar-refractivity contribution >= 4 is 50.0 Å². The molecule has 0 saturated carbocycles. The number of hydrogen-bond donors (Lipinski definition) is 2. The zero-order chi connectivity index (χ0) is 22.1. The number of benzene rings is 1. The quantitative estimate of drug-likeness (QED) is 0.406. The molecule has 4 heterocycles. The summed E-state index contributed by atoms with van der Waals surface area (Å²) in [5, 5.41) is 11.8. The van der Waals surface area contributed by atoms with E-state index in [0.717, 1.165) is 63.0 Å². The van der Waals surface area contributed by atoms with E-state index in [4.69, 9.17) is 0 Å². The standard InChI is InChI=1S/C23H23BrN6OS/c1-14-2-3-16-18(12-14)27-21(26-16)13-25-23(31)15-8-10-30(11-9-15)22-7-4-17(28-29-22)19-5-6-20(24)32-19/h2-7,12,15H,8-11,13H2,1H3,(H,25,31)(H,26,27). The molecule has 5 rings (SSSR count). The van der Waals surface area contributed by atoms with Gasteiger partial charge in [0.1, 0.15) is 11.5 Å². The number of H-pyrrole nitrogens is 1. The second kappa shape index (κ2) is 8.99. The normalized spacial score (nSPS) is 14.8. The van der Waals surface area contributed by atoms with Gasteiger partial charge in [0, 0.05) is 19.0 Å². The SMILES string of the molecule is Cc1ccc2nc(CNC(=O)C3CCN(c4ccc(-c5ccc(Br)s5)nn4)CC3)[nH]c2c1. The summed E-state index contributed by atoms with van der Waals surface area (Å²) < 4.78 is 1.08. The van der Waals surface area contributed by atoms with Crippen LogP contribution in [0.4, 0.5) is 5.82 Å². The molecule has 0 atom stereocenters. The minimum Gasteiger partial charge on any atom is -0.355 e. The molecule has 164 valence electrons. The average Bonchev–Trinajstić information content (AvgIpc) is 3.43. The molecule has 2 N–H and O–H groups in total. The molecule has 1 aliphatic rings. The number of piperidine rings is 1. The van der Waals surface area contributed by atoms with Gasteiger partial charge in [-0.15, -0.1) is 21.5 Å². The molecule has 1 saturated heterocycles. The molecule has 1 amide bonds. The van der Waals surface area contributed by atoms with E-state index in [9.17, 15) is 4.79 Å². The van der Waals surface area contributed by atoms with E-state index in [-0.39, 0.29) is 11.8 Å². The van der Waals surface area contributed by atoms with Crippen LogP contribution in [-0.4, -0.2) is 39.2 Å². The van der Waals surface area contributed by atoms with Gasteiger partial charge < -0.3 is 15.2 Å². The number of hydrogen-bond acceptors (Lipinski definition) is 6. The molecule has 32 heavy (non-hydrogen) atoms. The zero-order valence-electron chi connectivity index (χ0n) is 17.6. The van der Waals surface area contributed by atoms with Gasteiger partial charge >= 0.3 is 0 Å². The molecule has 4 aromatic rings. The summed E-state index contributed by atoms with van der Waals surface area (Å²) in [6.45, 7) is 4.05. The highest BCUT2D eigenvalue weighted by molar-refractivity contribution is 9.11. The Balaban J connectivity index is 1.14. The number of carbonyl (C=O) groups is 1. The van der Waals surface area contributed by atoms with Crippen LogP contribution in [0, 0.1) is 12.8 Å². The summed E-state index contributed by atoms with van der Waals surface area (Å²) in [5.74, 6) is 1.74. The fraction of sp³-hybridized carbons (Fsp3) is 0.304. The Kier molecular flexibility index (Phi) is 5.93. The summed E-state index contributed by atoms with van der Waals surface area (Å²) in [4.78, 5) is 23.8. The molecule has 0 unspecified atom stereocenters. The number of imidazole rings is 1. The van der Waals surface area contributed by atoms with Crippen molar-refractivity contribution in [3.05, 3.63) is 57.6 Å². The lowest BCUT2D eigenvalue weighted by atomic mass is 9.96. The molecule has 1 fully saturated rings. The van der Waals surface area contributed by atoms with E-state index >= 15 is 0 Å². The Morgan fingerprint density at radius 3 is 2.75 bits per heavy atom. The zero-order valence-corrected chi connectivity index (χ0v) is 20.0. The van der Waals surface area contributed by atoms with E-state index in [2.05, 4.69) is 59.3 Å². The van der Waals surface area contributed by atoms with Gasteiger partial charge in [-0.1, -0.05) is 6.07 Å². The minimum absolute atomic E-state index is 0.00794. The van der Waals surface area contributed by atoms with Gasteiger partial charge in [-0.05, 0) is 77.7 Å². The first-order valence-electron chi connectivity index (χ1n) is 10.6. The Morgan fingerprint density at radius 2 is 2.03 bits per heavy atom. The van der Waals surface area contributed by atoms with E-state index < -0.39 is 0 Å². The van der Waals surface area contributed by atoms with E-state index in [0.29, 0.717) is 6.54 Å². The number of nitrogens with zero attached hydrogens (tertiary/aromatic N) is 4. The highest BCUT2D eigenvalue weighted by Crippen LogP contribution is 2.30. The predicted molar refractivity (Wildman–Crippen MR) is 131 cm³/mol. The third-order valence-corrected chi connectivity index (χ3v) is 7.43. The molecule has 0 radical (unpaired) electrons. The molecule has 7 nitrogen and oxygen atoms in total. The lowest BCUT2D eigenvalue weighted by Crippen LogP contribution is -2.40. The molecule has 0 aliphatic carbocycles. The third kappa shape index (κ3) is 4.54. The van der Waals surface area contributed by atoms with Gasteiger partial charge in [0.15, 0.2) is 5.82 Å². The molecule has 9 heteroatoms. The fourth-order valence-corrected chi connectivity index (χ4v) is 5.37. The number of rotatable bonds is 5. The van der Waals surface area contributed by atoms with Crippen LogP contribution in [0.2, 0.25) is 0 Å². The van der Waals surface area contributed by atoms with Crippen molar-refractivity contribution in [2.75, 3.05) is 18.0 Å². The van der Waals surface area contributed by atoms with Crippen molar-refractivity contribution in [1.82, 2.24) is 25.5 Å². The monoisotopic (exact) mass is 510 g/mol. The smallest absolute Gasteiger partial charge is 0.223 e. The van der Waals surface area contributed by atoms with Crippen LogP contribution < -0.4 is 10.2 Å². The van der Waals surface area contributed by atoms with Crippen molar-refractivity contribution in [2.45, 2.75) is 26.3 Å². The molecule has 0 bridgehead atoms. The Morgan fingerprint density at radius 1 is 1.19 bits per heavy atom. The second-order valence-electron chi connectivity index (χ2n) is 8.06. The molecule has 3 aromatic heterocycles. The molecule has 0 spiro atoms. The number of halogens is 1. The van der Waals surface area contributed by atoms with Crippen molar-refractivity contribution < 1.29 is 4.79 Å². The van der Waals surface area contributed by atoms with Gasteiger partial charge in [0.05, 0.1) is 26.2 Å². The average molecular weight is 511 g/mol. The maximum absolute atomic E-state index is 12.7. The highest BCUT2D eigenvalue weighted by atomic mass is 79.9. The summed E-state index contributed by atoms with van der Waals surface area (Å²) in [6, 6.07) is 14.2. The number of aromatic amines is 1. The summed E-state index contributed by atoms with van der Waals surface area (Å²) in [6.07, 6.45) is 1.60. The lowest BCUT2D eigenvalue weighted by molar-refractivity contribution is -0.125. The molecule has 1 aliphatic heterocycles. The van der Waals surface area contributed by atoms with Crippen molar-refractivity contribution in [2.24, 2.45) is 5.92 Å². The van der Waals surface area contributed by atoms with Crippen LogP contribution in [0.5, 0.6) is 0 Å². The molecular formula is C23H23BrN6OS. The summed E-state index contributed by atoms with van der Waals surface area (Å²) in [7, 11) is 0. The Bertz CT molecular complexity index is 1240.